The van der Waals surface area contributed by atoms with Gasteiger partial charge in [0.25, 0.3) is 0 Å². The predicted octanol–water partition coefficient (Wildman–Crippen LogP) is 2.31. The first kappa shape index (κ1) is 14.1. The summed E-state index contributed by atoms with van der Waals surface area (Å²) in [7, 11) is -3.21. The zero-order valence-electron chi connectivity index (χ0n) is 10.6. The van der Waals surface area contributed by atoms with Gasteiger partial charge in [0.05, 0.1) is 11.8 Å². The quantitative estimate of drug-likeness (QED) is 0.842. The largest absolute Gasteiger partial charge is 0.305 e. The number of nitrogens with zero attached hydrogens (tertiary/aromatic N) is 1. The van der Waals surface area contributed by atoms with Gasteiger partial charge in [-0.25, -0.2) is 8.42 Å². The van der Waals surface area contributed by atoms with Crippen LogP contribution >= 0.6 is 11.6 Å². The maximum absolute atomic E-state index is 11.8. The molecular weight excluding hydrogens is 286 g/mol. The van der Waals surface area contributed by atoms with Gasteiger partial charge in [-0.1, -0.05) is 17.7 Å². The molecule has 1 atom stereocenters. The van der Waals surface area contributed by atoms with Crippen molar-refractivity contribution in [1.82, 2.24) is 0 Å². The molecule has 1 heterocycles. The van der Waals surface area contributed by atoms with Gasteiger partial charge in [-0.05, 0) is 30.7 Å². The molecule has 0 unspecified atom stereocenters. The van der Waals surface area contributed by atoms with Crippen molar-refractivity contribution in [1.29, 1.82) is 0 Å². The topological polar surface area (TPSA) is 54.5 Å². The molecule has 0 aliphatic carbocycles. The second-order valence-electron chi connectivity index (χ2n) is 4.55. The van der Waals surface area contributed by atoms with Crippen LogP contribution in [0.2, 0.25) is 5.02 Å². The van der Waals surface area contributed by atoms with Crippen LogP contribution in [0.1, 0.15) is 12.5 Å². The second kappa shape index (κ2) is 4.98. The van der Waals surface area contributed by atoms with Crippen molar-refractivity contribution in [3.05, 3.63) is 40.3 Å². The highest BCUT2D eigenvalue weighted by atomic mass is 35.5. The molecule has 0 N–H and O–H groups in total. The predicted molar refractivity (Wildman–Crippen MR) is 76.1 cm³/mol. The fourth-order valence-corrected chi connectivity index (χ4v) is 3.50. The van der Waals surface area contributed by atoms with E-state index in [4.69, 9.17) is 11.6 Å². The summed E-state index contributed by atoms with van der Waals surface area (Å²) in [5.41, 5.74) is 1.51. The van der Waals surface area contributed by atoms with E-state index in [2.05, 4.69) is 0 Å². The maximum Gasteiger partial charge on any atom is 0.224 e. The number of sulfone groups is 1. The van der Waals surface area contributed by atoms with Crippen molar-refractivity contribution < 1.29 is 13.2 Å². The third-order valence-corrected chi connectivity index (χ3v) is 4.80. The molecule has 0 spiro atoms. The number of carbonyl (C=O) groups is 1. The van der Waals surface area contributed by atoms with Gasteiger partial charge in [0.1, 0.15) is 0 Å². The Bertz CT molecular complexity index is 652. The first-order chi connectivity index (χ1) is 8.80. The lowest BCUT2D eigenvalue weighted by atomic mass is 10.1. The first-order valence-corrected chi connectivity index (χ1v) is 7.86. The van der Waals surface area contributed by atoms with Crippen molar-refractivity contribution in [2.45, 2.75) is 19.9 Å². The van der Waals surface area contributed by atoms with Crippen LogP contribution in [0.25, 0.3) is 0 Å². The van der Waals surface area contributed by atoms with Gasteiger partial charge in [-0.3, -0.25) is 4.79 Å². The third-order valence-electron chi connectivity index (χ3n) is 3.02. The fraction of sp³-hybridized carbons (Fsp3) is 0.308. The van der Waals surface area contributed by atoms with Crippen LogP contribution in [-0.4, -0.2) is 26.1 Å². The summed E-state index contributed by atoms with van der Waals surface area (Å²) >= 11 is 6.05. The molecule has 0 fully saturated rings. The molecule has 0 saturated heterocycles. The Balaban J connectivity index is 2.39. The maximum atomic E-state index is 11.8. The van der Waals surface area contributed by atoms with Crippen LogP contribution in [0.4, 0.5) is 5.69 Å². The summed E-state index contributed by atoms with van der Waals surface area (Å²) < 4.78 is 22.9. The highest BCUT2D eigenvalue weighted by Crippen LogP contribution is 2.27. The van der Waals surface area contributed by atoms with Crippen LogP contribution in [0.15, 0.2) is 29.7 Å². The highest BCUT2D eigenvalue weighted by Gasteiger charge is 2.29. The van der Waals surface area contributed by atoms with Gasteiger partial charge in [0, 0.05) is 23.0 Å². The number of aryl methyl sites for hydroxylation is 1. The molecule has 1 aliphatic rings. The van der Waals surface area contributed by atoms with Crippen LogP contribution in [0, 0.1) is 6.92 Å². The standard InChI is InChI=1S/C13H14ClNO3S/c1-9-3-4-11(7-13(9)14)15(10(2)16)12-5-6-19(17,18)8-12/h3-7,12H,8H2,1-2H3/t12-/m0/s1. The van der Waals surface area contributed by atoms with Crippen LogP contribution in [-0.2, 0) is 14.6 Å². The van der Waals surface area contributed by atoms with Crippen LogP contribution in [0.3, 0.4) is 0 Å². The highest BCUT2D eigenvalue weighted by molar-refractivity contribution is 7.94. The van der Waals surface area contributed by atoms with Crippen molar-refractivity contribution in [2.24, 2.45) is 0 Å². The van der Waals surface area contributed by atoms with Crippen LogP contribution in [0.5, 0.6) is 0 Å². The van der Waals surface area contributed by atoms with E-state index in [1.165, 1.54) is 17.9 Å². The fourth-order valence-electron chi connectivity index (χ4n) is 2.06. The Morgan fingerprint density at radius 3 is 2.58 bits per heavy atom. The lowest BCUT2D eigenvalue weighted by Crippen LogP contribution is -2.39. The van der Waals surface area contributed by atoms with Crippen molar-refractivity contribution >= 4 is 33.0 Å². The summed E-state index contributed by atoms with van der Waals surface area (Å²) in [6, 6.07) is 4.78. The van der Waals surface area contributed by atoms with E-state index in [9.17, 15) is 13.2 Å². The molecule has 6 heteroatoms. The Hall–Kier alpha value is -1.33. The Morgan fingerprint density at radius 1 is 1.42 bits per heavy atom. The normalized spacial score (nSPS) is 20.5. The second-order valence-corrected chi connectivity index (χ2v) is 6.89. The molecule has 0 saturated carbocycles. The van der Waals surface area contributed by atoms with E-state index < -0.39 is 15.9 Å². The SMILES string of the molecule is CC(=O)N(c1ccc(C)c(Cl)c1)[C@H]1C=CS(=O)(=O)C1. The van der Waals surface area contributed by atoms with E-state index in [0.29, 0.717) is 10.7 Å². The average molecular weight is 300 g/mol. The first-order valence-electron chi connectivity index (χ1n) is 5.77. The van der Waals surface area contributed by atoms with Gasteiger partial charge in [0.2, 0.25) is 5.91 Å². The summed E-state index contributed by atoms with van der Waals surface area (Å²) in [5, 5.41) is 1.71. The Kier molecular flexibility index (Phi) is 3.69. The zero-order chi connectivity index (χ0) is 14.2. The molecule has 19 heavy (non-hydrogen) atoms. The van der Waals surface area contributed by atoms with Gasteiger partial charge in [-0.15, -0.1) is 0 Å². The molecule has 0 radical (unpaired) electrons. The van der Waals surface area contributed by atoms with Gasteiger partial charge >= 0.3 is 0 Å². The Labute approximate surface area is 117 Å². The van der Waals surface area contributed by atoms with Crippen molar-refractivity contribution in [3.8, 4) is 0 Å². The number of anilines is 1. The number of carbonyl (C=O) groups excluding carboxylic acids is 1. The average Bonchev–Trinajstić information content (AvgIpc) is 2.64. The molecule has 4 nitrogen and oxygen atoms in total. The smallest absolute Gasteiger partial charge is 0.224 e. The van der Waals surface area contributed by atoms with E-state index >= 15 is 0 Å². The molecule has 1 aliphatic heterocycles. The number of hydrogen-bond donors (Lipinski definition) is 0. The summed E-state index contributed by atoms with van der Waals surface area (Å²) in [4.78, 5) is 13.2. The number of benzene rings is 1. The molecule has 0 aromatic heterocycles. The zero-order valence-corrected chi connectivity index (χ0v) is 12.2. The van der Waals surface area contributed by atoms with Gasteiger partial charge < -0.3 is 4.90 Å². The third kappa shape index (κ3) is 2.98. The minimum Gasteiger partial charge on any atom is -0.305 e. The lowest BCUT2D eigenvalue weighted by molar-refractivity contribution is -0.116. The monoisotopic (exact) mass is 299 g/mol. The summed E-state index contributed by atoms with van der Waals surface area (Å²) in [6.07, 6.45) is 1.53. The number of rotatable bonds is 2. The summed E-state index contributed by atoms with van der Waals surface area (Å²) in [5.74, 6) is -0.301. The van der Waals surface area contributed by atoms with Crippen LogP contribution < -0.4 is 4.90 Å². The Morgan fingerprint density at radius 2 is 2.11 bits per heavy atom. The van der Waals surface area contributed by atoms with E-state index in [0.717, 1.165) is 11.0 Å². The molecule has 1 aromatic carbocycles. The van der Waals surface area contributed by atoms with E-state index in [1.807, 2.05) is 6.92 Å². The van der Waals surface area contributed by atoms with Crippen molar-refractivity contribution in [3.63, 3.8) is 0 Å². The molecule has 0 bridgehead atoms. The number of amides is 1. The minimum absolute atomic E-state index is 0.0852. The van der Waals surface area contributed by atoms with Crippen molar-refractivity contribution in [2.75, 3.05) is 10.7 Å². The van der Waals surface area contributed by atoms with Gasteiger partial charge in [-0.2, -0.15) is 0 Å². The molecular formula is C13H14ClNO3S. The molecule has 1 aromatic rings. The molecule has 1 amide bonds. The molecule has 2 rings (SSSR count). The minimum atomic E-state index is -3.21. The lowest BCUT2D eigenvalue weighted by Gasteiger charge is -2.26. The molecule has 102 valence electrons. The van der Waals surface area contributed by atoms with E-state index in [1.54, 1.807) is 18.2 Å². The summed E-state index contributed by atoms with van der Waals surface area (Å²) in [6.45, 7) is 3.27. The number of hydrogen-bond acceptors (Lipinski definition) is 3. The number of halogens is 1. The van der Waals surface area contributed by atoms with E-state index in [-0.39, 0.29) is 11.7 Å². The van der Waals surface area contributed by atoms with Gasteiger partial charge in [0.15, 0.2) is 9.84 Å².